The Labute approximate surface area is 161 Å². The van der Waals surface area contributed by atoms with Crippen molar-refractivity contribution in [3.8, 4) is 0 Å². The fourth-order valence-corrected chi connectivity index (χ4v) is 5.10. The highest BCUT2D eigenvalue weighted by molar-refractivity contribution is 8.00. The normalized spacial score (nSPS) is 18.4. The van der Waals surface area contributed by atoms with Crippen LogP contribution in [0.5, 0.6) is 0 Å². The molecule has 1 aliphatic carbocycles. The fraction of sp³-hybridized carbons (Fsp3) is 0.200. The molecule has 1 aliphatic heterocycles. The predicted molar refractivity (Wildman–Crippen MR) is 106 cm³/mol. The van der Waals surface area contributed by atoms with Crippen molar-refractivity contribution < 1.29 is 0 Å². The number of aryl methyl sites for hydroxylation is 1. The van der Waals surface area contributed by atoms with Crippen molar-refractivity contribution >= 4 is 28.4 Å². The standard InChI is InChI=1S/C20H17ClN4S/c21-18-15-9-5-4-8-14(15)10-11-16(18)19-24-25-17(22-23-20(25)26-19)12-13-6-2-1-3-7-13/h1-9,19,24H,10-12H2. The Hall–Kier alpha value is -2.24. The van der Waals surface area contributed by atoms with Crippen LogP contribution in [-0.2, 0) is 12.8 Å². The summed E-state index contributed by atoms with van der Waals surface area (Å²) in [5.41, 5.74) is 8.50. The van der Waals surface area contributed by atoms with E-state index in [1.54, 1.807) is 11.8 Å². The molecule has 0 bridgehead atoms. The molecular weight excluding hydrogens is 364 g/mol. The first kappa shape index (κ1) is 16.0. The van der Waals surface area contributed by atoms with E-state index in [1.165, 1.54) is 16.7 Å². The van der Waals surface area contributed by atoms with Crippen LogP contribution in [0, 0.1) is 0 Å². The molecule has 0 fully saturated rings. The van der Waals surface area contributed by atoms with Crippen LogP contribution in [0.25, 0.3) is 5.03 Å². The topological polar surface area (TPSA) is 42.7 Å². The maximum Gasteiger partial charge on any atom is 0.212 e. The summed E-state index contributed by atoms with van der Waals surface area (Å²) in [7, 11) is 0. The van der Waals surface area contributed by atoms with Gasteiger partial charge in [0, 0.05) is 6.42 Å². The summed E-state index contributed by atoms with van der Waals surface area (Å²) >= 11 is 8.44. The van der Waals surface area contributed by atoms with Crippen LogP contribution in [0.4, 0.5) is 0 Å². The van der Waals surface area contributed by atoms with Crippen LogP contribution in [0.2, 0.25) is 0 Å². The van der Waals surface area contributed by atoms with Crippen molar-refractivity contribution in [3.63, 3.8) is 0 Å². The van der Waals surface area contributed by atoms with E-state index in [9.17, 15) is 0 Å². The quantitative estimate of drug-likeness (QED) is 0.729. The third-order valence-corrected chi connectivity index (χ3v) is 6.44. The molecule has 130 valence electrons. The van der Waals surface area contributed by atoms with Crippen LogP contribution in [0.15, 0.2) is 65.3 Å². The molecule has 26 heavy (non-hydrogen) atoms. The Morgan fingerprint density at radius 3 is 2.73 bits per heavy atom. The molecule has 0 radical (unpaired) electrons. The van der Waals surface area contributed by atoms with Gasteiger partial charge in [0.05, 0.1) is 5.03 Å². The minimum absolute atomic E-state index is 0.107. The molecule has 4 nitrogen and oxygen atoms in total. The molecule has 2 aromatic carbocycles. The van der Waals surface area contributed by atoms with Gasteiger partial charge in [-0.3, -0.25) is 0 Å². The van der Waals surface area contributed by atoms with Gasteiger partial charge in [0.15, 0.2) is 5.82 Å². The van der Waals surface area contributed by atoms with E-state index >= 15 is 0 Å². The fourth-order valence-electron chi connectivity index (χ4n) is 3.55. The van der Waals surface area contributed by atoms with Crippen molar-refractivity contribution in [2.45, 2.75) is 29.8 Å². The zero-order chi connectivity index (χ0) is 17.5. The third kappa shape index (κ3) is 2.72. The lowest BCUT2D eigenvalue weighted by atomic mass is 9.92. The number of halogens is 1. The van der Waals surface area contributed by atoms with Gasteiger partial charge in [-0.05, 0) is 35.1 Å². The molecule has 3 aromatic rings. The van der Waals surface area contributed by atoms with Crippen molar-refractivity contribution in [1.82, 2.24) is 14.9 Å². The van der Waals surface area contributed by atoms with E-state index in [0.29, 0.717) is 0 Å². The van der Waals surface area contributed by atoms with Gasteiger partial charge in [-0.1, -0.05) is 78.0 Å². The second-order valence-electron chi connectivity index (χ2n) is 6.52. The Morgan fingerprint density at radius 2 is 1.85 bits per heavy atom. The molecule has 0 saturated heterocycles. The Morgan fingerprint density at radius 1 is 1.04 bits per heavy atom. The first-order chi connectivity index (χ1) is 12.8. The average Bonchev–Trinajstić information content (AvgIpc) is 3.25. The molecule has 5 rings (SSSR count). The third-order valence-electron chi connectivity index (χ3n) is 4.89. The maximum absolute atomic E-state index is 6.75. The van der Waals surface area contributed by atoms with Gasteiger partial charge in [0.1, 0.15) is 5.37 Å². The van der Waals surface area contributed by atoms with Crippen LogP contribution < -0.4 is 5.43 Å². The van der Waals surface area contributed by atoms with Gasteiger partial charge in [0.25, 0.3) is 0 Å². The summed E-state index contributed by atoms with van der Waals surface area (Å²) in [6, 6.07) is 18.7. The highest BCUT2D eigenvalue weighted by atomic mass is 35.5. The first-order valence-corrected chi connectivity index (χ1v) is 9.93. The van der Waals surface area contributed by atoms with Gasteiger partial charge >= 0.3 is 0 Å². The summed E-state index contributed by atoms with van der Waals surface area (Å²) in [5.74, 6) is 0.925. The van der Waals surface area contributed by atoms with E-state index in [2.05, 4.69) is 46.0 Å². The molecule has 6 heteroatoms. The lowest BCUT2D eigenvalue weighted by molar-refractivity contribution is 0.742. The Kier molecular flexibility index (Phi) is 3.98. The largest absolute Gasteiger partial charge is 0.304 e. The molecule has 1 N–H and O–H groups in total. The Balaban J connectivity index is 1.42. The molecule has 0 amide bonds. The number of benzene rings is 2. The molecule has 1 aromatic heterocycles. The zero-order valence-electron chi connectivity index (χ0n) is 14.0. The number of hydrogen-bond acceptors (Lipinski definition) is 4. The van der Waals surface area contributed by atoms with Crippen molar-refractivity contribution in [1.29, 1.82) is 0 Å². The van der Waals surface area contributed by atoms with E-state index in [4.69, 9.17) is 11.6 Å². The SMILES string of the molecule is ClC1=C(C2Nn3c(Cc4ccccc4)nnc3S2)CCc2ccccc21. The minimum Gasteiger partial charge on any atom is -0.304 e. The highest BCUT2D eigenvalue weighted by Gasteiger charge is 2.32. The zero-order valence-corrected chi connectivity index (χ0v) is 15.6. The summed E-state index contributed by atoms with van der Waals surface area (Å²) in [5, 5.41) is 10.6. The molecule has 1 atom stereocenters. The van der Waals surface area contributed by atoms with Gasteiger partial charge in [-0.25, -0.2) is 4.68 Å². The summed E-state index contributed by atoms with van der Waals surface area (Å²) < 4.78 is 2.01. The van der Waals surface area contributed by atoms with Crippen molar-refractivity contribution in [2.75, 3.05) is 5.43 Å². The molecule has 0 spiro atoms. The summed E-state index contributed by atoms with van der Waals surface area (Å²) in [6.45, 7) is 0. The van der Waals surface area contributed by atoms with Crippen LogP contribution in [-0.4, -0.2) is 20.2 Å². The van der Waals surface area contributed by atoms with Crippen LogP contribution in [0.3, 0.4) is 0 Å². The van der Waals surface area contributed by atoms with Gasteiger partial charge in [0.2, 0.25) is 5.16 Å². The molecule has 0 saturated carbocycles. The van der Waals surface area contributed by atoms with Crippen LogP contribution in [0.1, 0.15) is 28.9 Å². The maximum atomic E-state index is 6.75. The molecule has 2 aliphatic rings. The van der Waals surface area contributed by atoms with E-state index in [1.807, 2.05) is 28.9 Å². The van der Waals surface area contributed by atoms with Gasteiger partial charge in [-0.15, -0.1) is 10.2 Å². The van der Waals surface area contributed by atoms with E-state index in [0.717, 1.165) is 40.8 Å². The van der Waals surface area contributed by atoms with Gasteiger partial charge in [-0.2, -0.15) is 0 Å². The second kappa shape index (κ2) is 6.49. The lowest BCUT2D eigenvalue weighted by Crippen LogP contribution is -2.24. The van der Waals surface area contributed by atoms with Crippen molar-refractivity contribution in [3.05, 3.63) is 82.7 Å². The first-order valence-electron chi connectivity index (χ1n) is 8.68. The molecule has 1 unspecified atom stereocenters. The van der Waals surface area contributed by atoms with Crippen LogP contribution >= 0.6 is 23.4 Å². The minimum atomic E-state index is 0.107. The Bertz CT molecular complexity index is 996. The van der Waals surface area contributed by atoms with Crippen molar-refractivity contribution in [2.24, 2.45) is 0 Å². The van der Waals surface area contributed by atoms with Gasteiger partial charge < -0.3 is 5.43 Å². The summed E-state index contributed by atoms with van der Waals surface area (Å²) in [4.78, 5) is 0. The number of nitrogens with zero attached hydrogens (tertiary/aromatic N) is 3. The number of thioether (sulfide) groups is 1. The molecule has 2 heterocycles. The number of nitrogens with one attached hydrogen (secondary N) is 1. The number of aromatic nitrogens is 3. The number of rotatable bonds is 3. The summed E-state index contributed by atoms with van der Waals surface area (Å²) in [6.07, 6.45) is 2.74. The monoisotopic (exact) mass is 380 g/mol. The lowest BCUT2D eigenvalue weighted by Gasteiger charge is -2.23. The average molecular weight is 381 g/mol. The molecular formula is C20H17ClN4S. The second-order valence-corrected chi connectivity index (χ2v) is 7.97. The highest BCUT2D eigenvalue weighted by Crippen LogP contribution is 2.42. The number of fused-ring (bicyclic) bond motifs is 2. The number of hydrogen-bond donors (Lipinski definition) is 1. The smallest absolute Gasteiger partial charge is 0.212 e. The van der Waals surface area contributed by atoms with E-state index in [-0.39, 0.29) is 5.37 Å². The predicted octanol–water partition coefficient (Wildman–Crippen LogP) is 4.44. The van der Waals surface area contributed by atoms with E-state index < -0.39 is 0 Å².